The number of carbonyl (C=O) groups excluding carboxylic acids is 1. The third kappa shape index (κ3) is 7.00. The molecule has 2 heterocycles. The minimum absolute atomic E-state index is 0.0933. The number of halogens is 4. The van der Waals surface area contributed by atoms with Gasteiger partial charge >= 0.3 is 12.3 Å². The Kier molecular flexibility index (Phi) is 9.24. The molecule has 8 nitrogen and oxygen atoms in total. The van der Waals surface area contributed by atoms with Crippen molar-refractivity contribution in [3.05, 3.63) is 59.1 Å². The van der Waals surface area contributed by atoms with Crippen molar-refractivity contribution in [2.24, 2.45) is 11.8 Å². The number of aromatic nitrogens is 2. The van der Waals surface area contributed by atoms with Crippen LogP contribution in [0.5, 0.6) is 5.75 Å². The molecule has 2 fully saturated rings. The predicted octanol–water partition coefficient (Wildman–Crippen LogP) is 8.44. The molecule has 2 aliphatic carbocycles. The van der Waals surface area contributed by atoms with Crippen LogP contribution in [0.4, 0.5) is 22.7 Å². The van der Waals surface area contributed by atoms with Crippen molar-refractivity contribution in [1.29, 1.82) is 0 Å². The van der Waals surface area contributed by atoms with Crippen LogP contribution >= 0.6 is 11.3 Å². The number of carbonyl (C=O) groups is 1. The van der Waals surface area contributed by atoms with E-state index in [0.717, 1.165) is 43.7 Å². The summed E-state index contributed by atoms with van der Waals surface area (Å²) in [6, 6.07) is 9.02. The highest BCUT2D eigenvalue weighted by Crippen LogP contribution is 2.46. The van der Waals surface area contributed by atoms with E-state index in [1.165, 1.54) is 23.5 Å². The predicted molar refractivity (Wildman–Crippen MR) is 166 cm³/mol. The summed E-state index contributed by atoms with van der Waals surface area (Å²) in [5, 5.41) is 12.1. The Balaban J connectivity index is 1.17. The molecule has 0 radical (unpaired) electrons. The van der Waals surface area contributed by atoms with E-state index in [1.54, 1.807) is 25.1 Å². The monoisotopic (exact) mass is 660 g/mol. The topological polar surface area (TPSA) is 98.5 Å². The van der Waals surface area contributed by atoms with Crippen molar-refractivity contribution in [2.45, 2.75) is 83.8 Å². The molecule has 0 saturated heterocycles. The van der Waals surface area contributed by atoms with E-state index in [1.807, 2.05) is 0 Å². The van der Waals surface area contributed by atoms with Crippen LogP contribution in [0.25, 0.3) is 21.5 Å². The highest BCUT2D eigenvalue weighted by molar-refractivity contribution is 7.22. The van der Waals surface area contributed by atoms with E-state index in [4.69, 9.17) is 9.26 Å². The number of rotatable bonds is 11. The SMILES string of the molecule is CCOC(=O)c1cc(F)c2nc(NC3C(C)CC(NCc4c(-c5ccccc5OC(F)(F)F)noc4C4CC4)CC3CC)sc2c1. The van der Waals surface area contributed by atoms with Gasteiger partial charge in [-0.3, -0.25) is 0 Å². The number of anilines is 1. The summed E-state index contributed by atoms with van der Waals surface area (Å²) in [6.45, 7) is 6.61. The van der Waals surface area contributed by atoms with Gasteiger partial charge in [0.25, 0.3) is 0 Å². The van der Waals surface area contributed by atoms with Gasteiger partial charge in [-0.15, -0.1) is 13.2 Å². The van der Waals surface area contributed by atoms with Gasteiger partial charge < -0.3 is 24.6 Å². The van der Waals surface area contributed by atoms with Gasteiger partial charge in [0.1, 0.15) is 22.7 Å². The fourth-order valence-corrected chi connectivity index (χ4v) is 7.50. The van der Waals surface area contributed by atoms with Gasteiger partial charge in [0.15, 0.2) is 10.9 Å². The Labute approximate surface area is 267 Å². The lowest BCUT2D eigenvalue weighted by Gasteiger charge is -2.41. The van der Waals surface area contributed by atoms with Gasteiger partial charge in [0, 0.05) is 35.7 Å². The Morgan fingerprint density at radius 1 is 1.15 bits per heavy atom. The van der Waals surface area contributed by atoms with Gasteiger partial charge in [-0.1, -0.05) is 48.9 Å². The molecule has 6 rings (SSSR count). The number of esters is 1. The summed E-state index contributed by atoms with van der Waals surface area (Å²) in [7, 11) is 0. The highest BCUT2D eigenvalue weighted by atomic mass is 32.1. The van der Waals surface area contributed by atoms with Crippen LogP contribution in [0, 0.1) is 17.7 Å². The first kappa shape index (κ1) is 32.2. The first-order valence-electron chi connectivity index (χ1n) is 15.6. The molecule has 2 saturated carbocycles. The van der Waals surface area contributed by atoms with Crippen LogP contribution in [0.1, 0.15) is 80.5 Å². The smallest absolute Gasteiger partial charge is 0.462 e. The Hall–Kier alpha value is -3.71. The molecule has 13 heteroatoms. The molecule has 4 atom stereocenters. The van der Waals surface area contributed by atoms with Gasteiger partial charge in [0.05, 0.1) is 16.9 Å². The van der Waals surface area contributed by atoms with Crippen LogP contribution in [0.3, 0.4) is 0 Å². The third-order valence-electron chi connectivity index (χ3n) is 8.84. The summed E-state index contributed by atoms with van der Waals surface area (Å²) in [4.78, 5) is 16.7. The molecule has 0 bridgehead atoms. The van der Waals surface area contributed by atoms with E-state index in [9.17, 15) is 22.4 Å². The molecule has 2 aromatic heterocycles. The zero-order valence-electron chi connectivity index (χ0n) is 25.7. The van der Waals surface area contributed by atoms with Gasteiger partial charge in [-0.2, -0.15) is 0 Å². The number of fused-ring (bicyclic) bond motifs is 1. The van der Waals surface area contributed by atoms with E-state index in [-0.39, 0.29) is 58.8 Å². The minimum Gasteiger partial charge on any atom is -0.462 e. The number of alkyl halides is 3. The molecule has 2 aromatic carbocycles. The van der Waals surface area contributed by atoms with Crippen LogP contribution in [0.15, 0.2) is 40.9 Å². The molecule has 4 aromatic rings. The lowest BCUT2D eigenvalue weighted by Crippen LogP contribution is -2.47. The van der Waals surface area contributed by atoms with E-state index < -0.39 is 18.1 Å². The second kappa shape index (κ2) is 13.2. The third-order valence-corrected chi connectivity index (χ3v) is 9.77. The fourth-order valence-electron chi connectivity index (χ4n) is 6.53. The van der Waals surface area contributed by atoms with Gasteiger partial charge in [-0.25, -0.2) is 14.2 Å². The molecular weight excluding hydrogens is 624 g/mol. The van der Waals surface area contributed by atoms with E-state index in [2.05, 4.69) is 39.4 Å². The van der Waals surface area contributed by atoms with Gasteiger partial charge in [0.2, 0.25) is 0 Å². The average molecular weight is 661 g/mol. The van der Waals surface area contributed by atoms with Crippen LogP contribution < -0.4 is 15.4 Å². The molecular formula is C33H36F4N4O4S. The van der Waals surface area contributed by atoms with Crippen LogP contribution in [-0.4, -0.2) is 41.2 Å². The summed E-state index contributed by atoms with van der Waals surface area (Å²) in [5.41, 5.74) is 1.74. The van der Waals surface area contributed by atoms with E-state index >= 15 is 0 Å². The number of para-hydroxylation sites is 1. The summed E-state index contributed by atoms with van der Waals surface area (Å²) in [5.74, 6) is -0.0166. The molecule has 0 aliphatic heterocycles. The molecule has 0 spiro atoms. The first-order chi connectivity index (χ1) is 22.0. The van der Waals surface area contributed by atoms with Gasteiger partial charge in [-0.05, 0) is 68.7 Å². The van der Waals surface area contributed by atoms with Crippen molar-refractivity contribution in [3.63, 3.8) is 0 Å². The van der Waals surface area contributed by atoms with E-state index in [0.29, 0.717) is 27.8 Å². The molecule has 246 valence electrons. The maximum absolute atomic E-state index is 14.9. The van der Waals surface area contributed by atoms with Crippen molar-refractivity contribution >= 4 is 32.7 Å². The molecule has 0 amide bonds. The van der Waals surface area contributed by atoms with Crippen molar-refractivity contribution in [2.75, 3.05) is 11.9 Å². The number of benzene rings is 2. The zero-order valence-corrected chi connectivity index (χ0v) is 26.6. The fraction of sp³-hybridized carbons (Fsp3) is 0.485. The standard InChI is InChI=1S/C33H36F4N4O4S/c1-4-18-13-21(12-17(3)27(18)39-32-40-29-24(34)14-20(15-26(29)46-32)31(42)43-5-2)38-16-23-28(41-45-30(23)19-10-11-19)22-8-6-7-9-25(22)44-33(35,36)37/h6-9,14-15,17-19,21,27,38H,4-5,10-13,16H2,1-3H3,(H,39,40). The second-order valence-electron chi connectivity index (χ2n) is 12.1. The summed E-state index contributed by atoms with van der Waals surface area (Å²) < 4.78 is 70.0. The highest BCUT2D eigenvalue weighted by Gasteiger charge is 2.38. The number of nitrogens with one attached hydrogen (secondary N) is 2. The summed E-state index contributed by atoms with van der Waals surface area (Å²) >= 11 is 1.31. The normalized spacial score (nSPS) is 21.8. The number of hydrogen-bond donors (Lipinski definition) is 2. The zero-order chi connectivity index (χ0) is 32.6. The number of nitrogens with zero attached hydrogens (tertiary/aromatic N) is 2. The Bertz CT molecular complexity index is 1700. The Morgan fingerprint density at radius 3 is 2.65 bits per heavy atom. The number of thiazole rings is 1. The van der Waals surface area contributed by atoms with Crippen LogP contribution in [-0.2, 0) is 11.3 Å². The largest absolute Gasteiger partial charge is 0.573 e. The first-order valence-corrected chi connectivity index (χ1v) is 16.5. The molecule has 46 heavy (non-hydrogen) atoms. The lowest BCUT2D eigenvalue weighted by atomic mass is 9.74. The molecule has 2 N–H and O–H groups in total. The maximum atomic E-state index is 14.9. The van der Waals surface area contributed by atoms with Crippen molar-refractivity contribution in [1.82, 2.24) is 15.5 Å². The lowest BCUT2D eigenvalue weighted by molar-refractivity contribution is -0.274. The quantitative estimate of drug-likeness (QED) is 0.122. The second-order valence-corrected chi connectivity index (χ2v) is 13.1. The molecule has 2 aliphatic rings. The van der Waals surface area contributed by atoms with Crippen molar-refractivity contribution in [3.8, 4) is 17.0 Å². The number of ether oxygens (including phenoxy) is 2. The summed E-state index contributed by atoms with van der Waals surface area (Å²) in [6.07, 6.45) is -0.325. The minimum atomic E-state index is -4.83. The number of hydrogen-bond acceptors (Lipinski definition) is 9. The van der Waals surface area contributed by atoms with Crippen LogP contribution in [0.2, 0.25) is 0 Å². The average Bonchev–Trinajstić information content (AvgIpc) is 3.63. The Morgan fingerprint density at radius 2 is 1.93 bits per heavy atom. The molecule has 4 unspecified atom stereocenters. The maximum Gasteiger partial charge on any atom is 0.573 e. The van der Waals surface area contributed by atoms with Crippen molar-refractivity contribution < 1.29 is 36.4 Å².